The van der Waals surface area contributed by atoms with Gasteiger partial charge in [0, 0.05) is 17.9 Å². The number of hydrogen-bond acceptors (Lipinski definition) is 4. The van der Waals surface area contributed by atoms with Gasteiger partial charge in [-0.15, -0.1) is 11.8 Å². The van der Waals surface area contributed by atoms with Gasteiger partial charge in [-0.2, -0.15) is 0 Å². The molecule has 3 rings (SSSR count). The fourth-order valence-corrected chi connectivity index (χ4v) is 4.05. The Bertz CT molecular complexity index is 866. The summed E-state index contributed by atoms with van der Waals surface area (Å²) in [4.78, 5) is 14.1. The van der Waals surface area contributed by atoms with Crippen LogP contribution in [0.15, 0.2) is 30.3 Å². The number of thioether (sulfide) groups is 1. The number of carbonyl (C=O) groups excluding carboxylic acids is 1. The standard InChI is InChI=1S/C18H17F3N2O3S/c1-25-10-3-6-14(26-2)11(9-10)17-23(7-8-27-17)18(24)22-13-5-4-12(19)15(20)16(13)21/h3-6,9,17H,7-8H2,1-2H3,(H,22,24). The highest BCUT2D eigenvalue weighted by atomic mass is 32.2. The highest BCUT2D eigenvalue weighted by Gasteiger charge is 2.33. The molecule has 2 amide bonds. The maximum absolute atomic E-state index is 13.9. The van der Waals surface area contributed by atoms with Crippen molar-refractivity contribution in [2.24, 2.45) is 0 Å². The van der Waals surface area contributed by atoms with E-state index >= 15 is 0 Å². The lowest BCUT2D eigenvalue weighted by atomic mass is 10.1. The molecule has 1 fully saturated rings. The third-order valence-corrected chi connectivity index (χ3v) is 5.37. The molecule has 9 heteroatoms. The molecule has 1 atom stereocenters. The van der Waals surface area contributed by atoms with Crippen molar-refractivity contribution >= 4 is 23.5 Å². The van der Waals surface area contributed by atoms with Crippen molar-refractivity contribution in [3.05, 3.63) is 53.3 Å². The summed E-state index contributed by atoms with van der Waals surface area (Å²) in [7, 11) is 3.05. The topological polar surface area (TPSA) is 50.8 Å². The average Bonchev–Trinajstić information content (AvgIpc) is 3.17. The molecule has 2 aromatic rings. The van der Waals surface area contributed by atoms with Crippen molar-refractivity contribution < 1.29 is 27.4 Å². The Kier molecular flexibility index (Phi) is 5.69. The Morgan fingerprint density at radius 1 is 1.15 bits per heavy atom. The van der Waals surface area contributed by atoms with Crippen molar-refractivity contribution in [2.45, 2.75) is 5.37 Å². The number of nitrogens with one attached hydrogen (secondary N) is 1. The quantitative estimate of drug-likeness (QED) is 0.776. The Balaban J connectivity index is 1.86. The van der Waals surface area contributed by atoms with Crippen LogP contribution in [0, 0.1) is 17.5 Å². The van der Waals surface area contributed by atoms with Gasteiger partial charge in [0.2, 0.25) is 0 Å². The van der Waals surface area contributed by atoms with E-state index in [1.807, 2.05) is 0 Å². The van der Waals surface area contributed by atoms with Crippen LogP contribution in [-0.2, 0) is 0 Å². The molecule has 0 spiro atoms. The first-order chi connectivity index (χ1) is 13.0. The molecule has 2 aromatic carbocycles. The largest absolute Gasteiger partial charge is 0.497 e. The van der Waals surface area contributed by atoms with Crippen LogP contribution in [0.3, 0.4) is 0 Å². The van der Waals surface area contributed by atoms with Crippen LogP contribution in [0.4, 0.5) is 23.7 Å². The molecule has 1 aliphatic rings. The van der Waals surface area contributed by atoms with Gasteiger partial charge in [0.05, 0.1) is 19.9 Å². The number of hydrogen-bond donors (Lipinski definition) is 1. The number of rotatable bonds is 4. The Morgan fingerprint density at radius 2 is 1.93 bits per heavy atom. The number of benzene rings is 2. The average molecular weight is 398 g/mol. The highest BCUT2D eigenvalue weighted by Crippen LogP contribution is 2.43. The Hall–Kier alpha value is -2.55. The highest BCUT2D eigenvalue weighted by molar-refractivity contribution is 7.99. The SMILES string of the molecule is COc1ccc(OC)c(C2SCCN2C(=O)Nc2ccc(F)c(F)c2F)c1. The van der Waals surface area contributed by atoms with E-state index in [1.54, 1.807) is 18.2 Å². The smallest absolute Gasteiger partial charge is 0.323 e. The summed E-state index contributed by atoms with van der Waals surface area (Å²) in [5.74, 6) is -2.56. The number of nitrogens with zero attached hydrogens (tertiary/aromatic N) is 1. The predicted molar refractivity (Wildman–Crippen MR) is 96.8 cm³/mol. The van der Waals surface area contributed by atoms with Gasteiger partial charge in [0.15, 0.2) is 17.5 Å². The molecule has 1 unspecified atom stereocenters. The van der Waals surface area contributed by atoms with Gasteiger partial charge >= 0.3 is 6.03 Å². The zero-order valence-corrected chi connectivity index (χ0v) is 15.4. The molecule has 0 saturated carbocycles. The van der Waals surface area contributed by atoms with Crippen molar-refractivity contribution in [3.63, 3.8) is 0 Å². The van der Waals surface area contributed by atoms with Crippen molar-refractivity contribution in [3.8, 4) is 11.5 Å². The molecule has 144 valence electrons. The minimum absolute atomic E-state index is 0.396. The minimum atomic E-state index is -1.63. The number of urea groups is 1. The summed E-state index contributed by atoms with van der Waals surface area (Å²) < 4.78 is 50.9. The zero-order valence-electron chi connectivity index (χ0n) is 14.6. The second-order valence-corrected chi connectivity index (χ2v) is 6.87. The fraction of sp³-hybridized carbons (Fsp3) is 0.278. The zero-order chi connectivity index (χ0) is 19.6. The summed E-state index contributed by atoms with van der Waals surface area (Å²) in [6.07, 6.45) is 0. The third kappa shape index (κ3) is 3.78. The van der Waals surface area contributed by atoms with E-state index in [9.17, 15) is 18.0 Å². The normalized spacial score (nSPS) is 16.3. The minimum Gasteiger partial charge on any atom is -0.497 e. The van der Waals surface area contributed by atoms with E-state index in [0.29, 0.717) is 23.8 Å². The van der Waals surface area contributed by atoms with Crippen LogP contribution in [0.5, 0.6) is 11.5 Å². The molecule has 1 heterocycles. The Labute approximate surface area is 158 Å². The second kappa shape index (κ2) is 7.99. The van der Waals surface area contributed by atoms with Crippen LogP contribution in [-0.4, -0.2) is 37.4 Å². The number of anilines is 1. The second-order valence-electron chi connectivity index (χ2n) is 5.68. The number of amides is 2. The first-order valence-electron chi connectivity index (χ1n) is 8.01. The molecule has 1 aliphatic heterocycles. The lowest BCUT2D eigenvalue weighted by molar-refractivity contribution is 0.213. The first-order valence-corrected chi connectivity index (χ1v) is 9.05. The lowest BCUT2D eigenvalue weighted by Crippen LogP contribution is -2.34. The third-order valence-electron chi connectivity index (χ3n) is 4.13. The number of ether oxygens (including phenoxy) is 2. The monoisotopic (exact) mass is 398 g/mol. The fourth-order valence-electron chi connectivity index (χ4n) is 2.78. The van der Waals surface area contributed by atoms with Crippen molar-refractivity contribution in [1.82, 2.24) is 4.90 Å². The van der Waals surface area contributed by atoms with E-state index in [2.05, 4.69) is 5.32 Å². The van der Waals surface area contributed by atoms with Crippen molar-refractivity contribution in [1.29, 1.82) is 0 Å². The van der Waals surface area contributed by atoms with E-state index < -0.39 is 34.5 Å². The molecule has 5 nitrogen and oxygen atoms in total. The molecule has 1 saturated heterocycles. The van der Waals surface area contributed by atoms with Crippen LogP contribution >= 0.6 is 11.8 Å². The summed E-state index contributed by atoms with van der Waals surface area (Å²) in [5, 5.41) is 1.91. The summed E-state index contributed by atoms with van der Waals surface area (Å²) in [5.41, 5.74) is 0.299. The van der Waals surface area contributed by atoms with E-state index in [0.717, 1.165) is 17.7 Å². The van der Waals surface area contributed by atoms with Gasteiger partial charge in [0.1, 0.15) is 16.9 Å². The van der Waals surface area contributed by atoms with Crippen LogP contribution in [0.25, 0.3) is 0 Å². The molecule has 0 bridgehead atoms. The molecule has 1 N–H and O–H groups in total. The van der Waals surface area contributed by atoms with Gasteiger partial charge in [-0.25, -0.2) is 18.0 Å². The summed E-state index contributed by atoms with van der Waals surface area (Å²) >= 11 is 1.50. The number of halogens is 3. The summed E-state index contributed by atoms with van der Waals surface area (Å²) in [6.45, 7) is 0.396. The Morgan fingerprint density at radius 3 is 2.63 bits per heavy atom. The molecule has 0 aromatic heterocycles. The van der Waals surface area contributed by atoms with E-state index in [4.69, 9.17) is 9.47 Å². The van der Waals surface area contributed by atoms with E-state index in [-0.39, 0.29) is 0 Å². The van der Waals surface area contributed by atoms with Crippen LogP contribution in [0.1, 0.15) is 10.9 Å². The molecule has 0 aliphatic carbocycles. The first kappa shape index (κ1) is 19.2. The summed E-state index contributed by atoms with van der Waals surface area (Å²) in [6, 6.07) is 6.35. The van der Waals surface area contributed by atoms with Crippen LogP contribution < -0.4 is 14.8 Å². The maximum atomic E-state index is 13.9. The molecule has 0 radical (unpaired) electrons. The van der Waals surface area contributed by atoms with Gasteiger partial charge in [-0.05, 0) is 30.3 Å². The van der Waals surface area contributed by atoms with Gasteiger partial charge in [-0.1, -0.05) is 0 Å². The van der Waals surface area contributed by atoms with Gasteiger partial charge < -0.3 is 19.7 Å². The van der Waals surface area contributed by atoms with E-state index in [1.165, 1.54) is 30.9 Å². The van der Waals surface area contributed by atoms with Crippen molar-refractivity contribution in [2.75, 3.05) is 31.8 Å². The predicted octanol–water partition coefficient (Wildman–Crippen LogP) is 4.40. The van der Waals surface area contributed by atoms with Crippen LogP contribution in [0.2, 0.25) is 0 Å². The molecular weight excluding hydrogens is 381 g/mol. The number of carbonyl (C=O) groups is 1. The van der Waals surface area contributed by atoms with Gasteiger partial charge in [0.25, 0.3) is 0 Å². The number of methoxy groups -OCH3 is 2. The maximum Gasteiger partial charge on any atom is 0.323 e. The molecule has 27 heavy (non-hydrogen) atoms. The lowest BCUT2D eigenvalue weighted by Gasteiger charge is -2.26. The van der Waals surface area contributed by atoms with Gasteiger partial charge in [-0.3, -0.25) is 0 Å². The molecular formula is C18H17F3N2O3S.